The molecule has 0 aromatic carbocycles. The molecular weight excluding hydrogens is 238 g/mol. The Kier molecular flexibility index (Phi) is 8.84. The number of carbonyl (C=O) groups is 1. The molecule has 0 aliphatic carbocycles. The van der Waals surface area contributed by atoms with Crippen molar-refractivity contribution < 1.29 is 18.1 Å². The lowest BCUT2D eigenvalue weighted by Crippen LogP contribution is -2.25. The highest BCUT2D eigenvalue weighted by molar-refractivity contribution is 6.36. The number of hydrogen-bond donors (Lipinski definition) is 1. The molecule has 0 heterocycles. The van der Waals surface area contributed by atoms with Gasteiger partial charge in [0, 0.05) is 32.9 Å². The van der Waals surface area contributed by atoms with Crippen LogP contribution in [0.25, 0.3) is 0 Å². The van der Waals surface area contributed by atoms with Gasteiger partial charge in [0.2, 0.25) is 5.91 Å². The summed E-state index contributed by atoms with van der Waals surface area (Å²) in [6, 6.07) is 0. The van der Waals surface area contributed by atoms with Gasteiger partial charge in [0.25, 0.3) is 0 Å². The largest absolute Gasteiger partial charge is 0.483 e. The van der Waals surface area contributed by atoms with Gasteiger partial charge >= 0.3 is 9.46 Å². The molecule has 0 aromatic heterocycles. The molecule has 0 saturated heterocycles. The summed E-state index contributed by atoms with van der Waals surface area (Å²) in [6.45, 7) is 6.30. The summed E-state index contributed by atoms with van der Waals surface area (Å²) in [7, 11) is -0.305. The summed E-state index contributed by atoms with van der Waals surface area (Å²) in [5.74, 6) is -0.109. The van der Waals surface area contributed by atoms with Crippen molar-refractivity contribution in [1.82, 2.24) is 5.32 Å². The Labute approximate surface area is 106 Å². The summed E-state index contributed by atoms with van der Waals surface area (Å²) in [6.07, 6.45) is 2.59. The number of hydrogen-bond acceptors (Lipinski definition) is 4. The van der Waals surface area contributed by atoms with E-state index in [4.69, 9.17) is 14.5 Å². The first-order valence-electron chi connectivity index (χ1n) is 6.13. The molecule has 0 spiro atoms. The molecule has 0 saturated carbocycles. The van der Waals surface area contributed by atoms with E-state index in [-0.39, 0.29) is 5.91 Å². The van der Waals surface area contributed by atoms with E-state index in [9.17, 15) is 4.79 Å². The summed E-state index contributed by atoms with van der Waals surface area (Å²) in [5.41, 5.74) is 0.517. The Hall–Kier alpha value is -0.693. The molecule has 0 rings (SSSR count). The number of amides is 1. The lowest BCUT2D eigenvalue weighted by molar-refractivity contribution is -0.117. The van der Waals surface area contributed by atoms with Gasteiger partial charge in [-0.1, -0.05) is 6.58 Å². The van der Waals surface area contributed by atoms with Crippen LogP contribution in [0.5, 0.6) is 0 Å². The third kappa shape index (κ3) is 9.05. The predicted octanol–water partition coefficient (Wildman–Crippen LogP) is 0.876. The maximum Gasteiger partial charge on any atom is 0.483 e. The monoisotopic (exact) mass is 262 g/mol. The zero-order valence-corrected chi connectivity index (χ0v) is 11.9. The minimum absolute atomic E-state index is 0.109. The fourth-order valence-corrected chi connectivity index (χ4v) is 1.83. The van der Waals surface area contributed by atoms with E-state index >= 15 is 0 Å². The maximum absolute atomic E-state index is 11.2. The molecule has 0 atom stereocenters. The van der Waals surface area contributed by atoms with E-state index in [0.717, 1.165) is 19.3 Å². The second-order valence-electron chi connectivity index (χ2n) is 3.60. The molecule has 0 fully saturated rings. The molecule has 1 amide bonds. The highest BCUT2D eigenvalue weighted by Gasteiger charge is 2.09. The van der Waals surface area contributed by atoms with Crippen molar-refractivity contribution in [2.75, 3.05) is 27.4 Å². The van der Waals surface area contributed by atoms with Gasteiger partial charge in [-0.2, -0.15) is 0 Å². The first kappa shape index (κ1) is 14.4. The summed E-state index contributed by atoms with van der Waals surface area (Å²) in [4.78, 5) is 11.2. The average Bonchev–Trinajstić information content (AvgIpc) is 2.36. The number of carbonyl (C=O) groups excluding carboxylic acids is 1. The Morgan fingerprint density at radius 2 is 2.00 bits per heavy atom. The van der Waals surface area contributed by atoms with Gasteiger partial charge in [-0.25, -0.2) is 0 Å². The molecule has 0 aliphatic rings. The van der Waals surface area contributed by atoms with E-state index in [1.165, 1.54) is 14.2 Å². The molecular formula is C11H23NO4Si. The van der Waals surface area contributed by atoms with Crippen molar-refractivity contribution in [3.63, 3.8) is 0 Å². The van der Waals surface area contributed by atoms with Gasteiger partial charge in [-0.3, -0.25) is 4.79 Å². The third-order valence-electron chi connectivity index (χ3n) is 2.05. The first-order valence-corrected chi connectivity index (χ1v) is 6.85. The van der Waals surface area contributed by atoms with Gasteiger partial charge < -0.3 is 18.6 Å². The highest BCUT2D eigenvalue weighted by atomic mass is 28.3. The second kappa shape index (κ2) is 10.5. The molecule has 17 heavy (non-hydrogen) atoms. The number of rotatable bonds is 10. The maximum atomic E-state index is 11.2. The Bertz CT molecular complexity index is 272. The topological polar surface area (TPSA) is 56.8 Å². The molecule has 100 valence electrons. The van der Waals surface area contributed by atoms with E-state index in [2.05, 4.69) is 11.9 Å². The Morgan fingerprint density at radius 3 is 2.53 bits per heavy atom. The Morgan fingerprint density at radius 1 is 1.35 bits per heavy atom. The van der Waals surface area contributed by atoms with Crippen LogP contribution in [0.3, 0.4) is 0 Å². The molecule has 0 aromatic rings. The summed E-state index contributed by atoms with van der Waals surface area (Å²) in [5, 5.41) is 2.75. The van der Waals surface area contributed by atoms with Gasteiger partial charge in [0.05, 0.1) is 0 Å². The van der Waals surface area contributed by atoms with Gasteiger partial charge in [-0.15, -0.1) is 0 Å². The van der Waals surface area contributed by atoms with E-state index in [1.54, 1.807) is 6.92 Å². The lowest BCUT2D eigenvalue weighted by atomic mass is 10.2. The van der Waals surface area contributed by atoms with Crippen molar-refractivity contribution in [3.8, 4) is 0 Å². The third-order valence-corrected chi connectivity index (χ3v) is 3.15. The highest BCUT2D eigenvalue weighted by Crippen LogP contribution is 1.97. The SMILES string of the molecule is [2H][Si](OC)(OC)OCCCCCNC(=O)C(=C)C. The van der Waals surface area contributed by atoms with Gasteiger partial charge in [0.1, 0.15) is 1.23 Å². The van der Waals surface area contributed by atoms with Crippen LogP contribution in [0.4, 0.5) is 0 Å². The smallest absolute Gasteiger partial charge is 0.379 e. The first-order chi connectivity index (χ1) is 8.45. The van der Waals surface area contributed by atoms with E-state index in [0.29, 0.717) is 18.7 Å². The molecule has 6 heteroatoms. The van der Waals surface area contributed by atoms with Crippen LogP contribution in [-0.4, -0.2) is 44.0 Å². The van der Waals surface area contributed by atoms with Gasteiger partial charge in [-0.05, 0) is 26.2 Å². The summed E-state index contributed by atoms with van der Waals surface area (Å²) >= 11 is 0. The molecule has 5 nitrogen and oxygen atoms in total. The van der Waals surface area contributed by atoms with Crippen LogP contribution in [0.15, 0.2) is 12.2 Å². The van der Waals surface area contributed by atoms with Crippen LogP contribution in [-0.2, 0) is 18.1 Å². The predicted molar refractivity (Wildman–Crippen MR) is 68.8 cm³/mol. The van der Waals surface area contributed by atoms with Crippen LogP contribution in [0, 0.1) is 0 Å². The normalized spacial score (nSPS) is 12.1. The van der Waals surface area contributed by atoms with Crippen molar-refractivity contribution in [2.24, 2.45) is 0 Å². The quantitative estimate of drug-likeness (QED) is 0.361. The molecule has 1 N–H and O–H groups in total. The average molecular weight is 262 g/mol. The van der Waals surface area contributed by atoms with Crippen LogP contribution < -0.4 is 5.32 Å². The standard InChI is InChI=1S/C11H23NO4Si/c1-10(2)11(13)12-8-6-5-7-9-16-17(14-3)15-4/h17H,1,5-9H2,2-4H3,(H,12,13)/i17D. The van der Waals surface area contributed by atoms with Crippen LogP contribution >= 0.6 is 0 Å². The molecule has 0 unspecified atom stereocenters. The van der Waals surface area contributed by atoms with E-state index < -0.39 is 9.46 Å². The van der Waals surface area contributed by atoms with Crippen molar-refractivity contribution in [2.45, 2.75) is 26.2 Å². The minimum atomic E-state index is -3.13. The fraction of sp³-hybridized carbons (Fsp3) is 0.727. The number of unbranched alkanes of at least 4 members (excludes halogenated alkanes) is 2. The van der Waals surface area contributed by atoms with E-state index in [1.807, 2.05) is 0 Å². The second-order valence-corrected chi connectivity index (χ2v) is 5.21. The van der Waals surface area contributed by atoms with Crippen LogP contribution in [0.1, 0.15) is 26.2 Å². The molecule has 0 bridgehead atoms. The molecule has 0 radical (unpaired) electrons. The summed E-state index contributed by atoms with van der Waals surface area (Å²) < 4.78 is 22.6. The molecule has 0 aliphatic heterocycles. The van der Waals surface area contributed by atoms with Crippen molar-refractivity contribution in [1.29, 1.82) is 1.23 Å². The zero-order valence-electron chi connectivity index (χ0n) is 11.9. The van der Waals surface area contributed by atoms with Crippen LogP contribution in [0.2, 0.25) is 0 Å². The zero-order chi connectivity index (χ0) is 14.0. The Balaban J connectivity index is 3.47. The van der Waals surface area contributed by atoms with Gasteiger partial charge in [0.15, 0.2) is 0 Å². The lowest BCUT2D eigenvalue weighted by Gasteiger charge is -2.11. The minimum Gasteiger partial charge on any atom is -0.379 e. The van der Waals surface area contributed by atoms with Crippen molar-refractivity contribution in [3.05, 3.63) is 12.2 Å². The number of nitrogens with one attached hydrogen (secondary N) is 1. The fourth-order valence-electron chi connectivity index (χ4n) is 1.11. The van der Waals surface area contributed by atoms with Crippen molar-refractivity contribution >= 4 is 15.4 Å².